The summed E-state index contributed by atoms with van der Waals surface area (Å²) in [6.07, 6.45) is 1.70. The highest BCUT2D eigenvalue weighted by atomic mass is 32.2. The molecule has 0 radical (unpaired) electrons. The SMILES string of the molecule is COc1ccc(C)cc1-c1csc(NC(=O)c2cccnc2SC(C)C)n1. The van der Waals surface area contributed by atoms with Crippen molar-refractivity contribution in [3.05, 3.63) is 53.0 Å². The Bertz CT molecular complexity index is 954. The molecule has 0 aliphatic heterocycles. The van der Waals surface area contributed by atoms with E-state index in [4.69, 9.17) is 4.74 Å². The number of methoxy groups -OCH3 is 1. The lowest BCUT2D eigenvalue weighted by atomic mass is 10.1. The van der Waals surface area contributed by atoms with Crippen LogP contribution in [-0.2, 0) is 0 Å². The molecule has 0 spiro atoms. The summed E-state index contributed by atoms with van der Waals surface area (Å²) in [5.41, 5.74) is 3.36. The molecule has 0 unspecified atom stereocenters. The molecular weight excluding hydrogens is 378 g/mol. The molecule has 2 heterocycles. The van der Waals surface area contributed by atoms with Gasteiger partial charge in [-0.2, -0.15) is 0 Å². The molecule has 3 rings (SSSR count). The van der Waals surface area contributed by atoms with Crippen LogP contribution < -0.4 is 10.1 Å². The molecule has 5 nitrogen and oxygen atoms in total. The van der Waals surface area contributed by atoms with Crippen molar-refractivity contribution in [1.29, 1.82) is 0 Å². The monoisotopic (exact) mass is 399 g/mol. The highest BCUT2D eigenvalue weighted by molar-refractivity contribution is 7.99. The molecule has 0 bridgehead atoms. The molecule has 0 atom stereocenters. The maximum absolute atomic E-state index is 12.7. The zero-order chi connectivity index (χ0) is 19.4. The number of thioether (sulfide) groups is 1. The molecule has 2 aromatic heterocycles. The molecule has 0 aliphatic rings. The van der Waals surface area contributed by atoms with Crippen molar-refractivity contribution in [2.24, 2.45) is 0 Å². The second-order valence-corrected chi connectivity index (χ2v) is 8.64. The average molecular weight is 400 g/mol. The molecule has 0 saturated heterocycles. The number of nitrogens with one attached hydrogen (secondary N) is 1. The van der Waals surface area contributed by atoms with Gasteiger partial charge in [0.1, 0.15) is 10.8 Å². The fraction of sp³-hybridized carbons (Fsp3) is 0.250. The van der Waals surface area contributed by atoms with Crippen LogP contribution in [0.1, 0.15) is 29.8 Å². The van der Waals surface area contributed by atoms with Gasteiger partial charge >= 0.3 is 0 Å². The van der Waals surface area contributed by atoms with Gasteiger partial charge in [-0.25, -0.2) is 9.97 Å². The van der Waals surface area contributed by atoms with E-state index >= 15 is 0 Å². The fourth-order valence-corrected chi connectivity index (χ4v) is 4.08. The van der Waals surface area contributed by atoms with E-state index in [2.05, 4.69) is 29.1 Å². The Hall–Kier alpha value is -2.38. The minimum Gasteiger partial charge on any atom is -0.496 e. The summed E-state index contributed by atoms with van der Waals surface area (Å²) >= 11 is 2.95. The first-order valence-corrected chi connectivity index (χ1v) is 10.3. The first-order valence-electron chi connectivity index (χ1n) is 8.51. The fourth-order valence-electron chi connectivity index (χ4n) is 2.52. The lowest BCUT2D eigenvalue weighted by molar-refractivity contribution is 0.102. The smallest absolute Gasteiger partial charge is 0.260 e. The maximum Gasteiger partial charge on any atom is 0.260 e. The number of carbonyl (C=O) groups is 1. The largest absolute Gasteiger partial charge is 0.496 e. The molecule has 3 aromatic rings. The van der Waals surface area contributed by atoms with Gasteiger partial charge in [0.2, 0.25) is 0 Å². The molecule has 140 valence electrons. The number of aryl methyl sites for hydroxylation is 1. The van der Waals surface area contributed by atoms with Crippen molar-refractivity contribution in [1.82, 2.24) is 9.97 Å². The van der Waals surface area contributed by atoms with Crippen molar-refractivity contribution in [3.63, 3.8) is 0 Å². The molecule has 27 heavy (non-hydrogen) atoms. The molecule has 1 aromatic carbocycles. The van der Waals surface area contributed by atoms with Crippen molar-refractivity contribution >= 4 is 34.1 Å². The lowest BCUT2D eigenvalue weighted by Crippen LogP contribution is -2.13. The van der Waals surface area contributed by atoms with Crippen LogP contribution in [0.4, 0.5) is 5.13 Å². The third-order valence-corrected chi connectivity index (χ3v) is 5.50. The van der Waals surface area contributed by atoms with Gasteiger partial charge in [0.15, 0.2) is 5.13 Å². The number of benzene rings is 1. The van der Waals surface area contributed by atoms with Crippen LogP contribution in [0, 0.1) is 6.92 Å². The van der Waals surface area contributed by atoms with Gasteiger partial charge in [-0.05, 0) is 31.2 Å². The highest BCUT2D eigenvalue weighted by Gasteiger charge is 2.16. The molecule has 1 amide bonds. The van der Waals surface area contributed by atoms with E-state index in [1.165, 1.54) is 11.3 Å². The predicted molar refractivity (Wildman–Crippen MR) is 112 cm³/mol. The number of hydrogen-bond donors (Lipinski definition) is 1. The van der Waals surface area contributed by atoms with E-state index in [1.807, 2.05) is 30.5 Å². The van der Waals surface area contributed by atoms with Gasteiger partial charge in [0.25, 0.3) is 5.91 Å². The number of hydrogen-bond acceptors (Lipinski definition) is 6. The normalized spacial score (nSPS) is 10.9. The van der Waals surface area contributed by atoms with Gasteiger partial charge in [-0.3, -0.25) is 10.1 Å². The maximum atomic E-state index is 12.7. The van der Waals surface area contributed by atoms with Crippen LogP contribution in [0.2, 0.25) is 0 Å². The van der Waals surface area contributed by atoms with Gasteiger partial charge in [0.05, 0.1) is 18.4 Å². The number of anilines is 1. The first-order chi connectivity index (χ1) is 13.0. The second kappa shape index (κ2) is 8.54. The topological polar surface area (TPSA) is 64.1 Å². The number of ether oxygens (including phenoxy) is 1. The summed E-state index contributed by atoms with van der Waals surface area (Å²) in [4.78, 5) is 21.6. The highest BCUT2D eigenvalue weighted by Crippen LogP contribution is 2.33. The minimum absolute atomic E-state index is 0.205. The summed E-state index contributed by atoms with van der Waals surface area (Å²) < 4.78 is 5.43. The minimum atomic E-state index is -0.205. The quantitative estimate of drug-likeness (QED) is 0.572. The van der Waals surface area contributed by atoms with E-state index in [0.717, 1.165) is 27.6 Å². The second-order valence-electron chi connectivity index (χ2n) is 6.22. The van der Waals surface area contributed by atoms with E-state index in [9.17, 15) is 4.79 Å². The van der Waals surface area contributed by atoms with Crippen molar-refractivity contribution in [2.75, 3.05) is 12.4 Å². The molecule has 0 aliphatic carbocycles. The van der Waals surface area contributed by atoms with Crippen LogP contribution >= 0.6 is 23.1 Å². The summed E-state index contributed by atoms with van der Waals surface area (Å²) in [6.45, 7) is 6.17. The van der Waals surface area contributed by atoms with Crippen LogP contribution in [0.5, 0.6) is 5.75 Å². The standard InChI is InChI=1S/C20H21N3O2S2/c1-12(2)27-19-14(6-5-9-21-19)18(24)23-20-22-16(11-26-20)15-10-13(3)7-8-17(15)25-4/h5-12H,1-4H3,(H,22,23,24). The summed E-state index contributed by atoms with van der Waals surface area (Å²) in [7, 11) is 1.64. The van der Waals surface area contributed by atoms with E-state index in [1.54, 1.807) is 37.2 Å². The van der Waals surface area contributed by atoms with Crippen molar-refractivity contribution in [3.8, 4) is 17.0 Å². The molecule has 0 fully saturated rings. The summed E-state index contributed by atoms with van der Waals surface area (Å²) in [6, 6.07) is 9.49. The van der Waals surface area contributed by atoms with Crippen LogP contribution in [-0.4, -0.2) is 28.2 Å². The zero-order valence-corrected chi connectivity index (χ0v) is 17.3. The summed E-state index contributed by atoms with van der Waals surface area (Å²) in [5.74, 6) is 0.551. The van der Waals surface area contributed by atoms with Crippen LogP contribution in [0.3, 0.4) is 0 Å². The van der Waals surface area contributed by atoms with Gasteiger partial charge in [-0.15, -0.1) is 23.1 Å². The predicted octanol–water partition coefficient (Wildman–Crippen LogP) is 5.27. The Morgan fingerprint density at radius 3 is 2.85 bits per heavy atom. The Morgan fingerprint density at radius 2 is 2.11 bits per heavy atom. The van der Waals surface area contributed by atoms with E-state index < -0.39 is 0 Å². The Balaban J connectivity index is 1.83. The Morgan fingerprint density at radius 1 is 1.30 bits per heavy atom. The van der Waals surface area contributed by atoms with E-state index in [-0.39, 0.29) is 5.91 Å². The Kier molecular flexibility index (Phi) is 6.13. The van der Waals surface area contributed by atoms with Crippen molar-refractivity contribution < 1.29 is 9.53 Å². The van der Waals surface area contributed by atoms with Crippen LogP contribution in [0.15, 0.2) is 46.9 Å². The third-order valence-electron chi connectivity index (χ3n) is 3.72. The van der Waals surface area contributed by atoms with Crippen molar-refractivity contribution in [2.45, 2.75) is 31.0 Å². The number of pyridine rings is 1. The van der Waals surface area contributed by atoms with Gasteiger partial charge in [0, 0.05) is 22.4 Å². The Labute approximate surface area is 167 Å². The molecule has 1 N–H and O–H groups in total. The number of carbonyl (C=O) groups excluding carboxylic acids is 1. The average Bonchev–Trinajstić information content (AvgIpc) is 3.10. The number of amides is 1. The van der Waals surface area contributed by atoms with Crippen LogP contribution in [0.25, 0.3) is 11.3 Å². The molecule has 7 heteroatoms. The number of thiazole rings is 1. The number of aromatic nitrogens is 2. The van der Waals surface area contributed by atoms with Gasteiger partial charge < -0.3 is 4.74 Å². The molecule has 0 saturated carbocycles. The molecular formula is C20H21N3O2S2. The van der Waals surface area contributed by atoms with Gasteiger partial charge in [-0.1, -0.05) is 25.5 Å². The number of nitrogens with zero attached hydrogens (tertiary/aromatic N) is 2. The third kappa shape index (κ3) is 4.67. The lowest BCUT2D eigenvalue weighted by Gasteiger charge is -2.09. The zero-order valence-electron chi connectivity index (χ0n) is 15.6. The number of rotatable bonds is 6. The van der Waals surface area contributed by atoms with E-state index in [0.29, 0.717) is 15.9 Å². The first kappa shape index (κ1) is 19.4. The summed E-state index contributed by atoms with van der Waals surface area (Å²) in [5, 5.41) is 6.41.